The fourth-order valence-electron chi connectivity index (χ4n) is 4.55. The molecule has 2 aromatic rings. The van der Waals surface area contributed by atoms with Crippen LogP contribution < -0.4 is 9.47 Å². The summed E-state index contributed by atoms with van der Waals surface area (Å²) in [6.07, 6.45) is 3.24. The monoisotopic (exact) mass is 502 g/mol. The zero-order chi connectivity index (χ0) is 25.4. The number of rotatable bonds is 9. The van der Waals surface area contributed by atoms with Crippen LogP contribution in [0.4, 0.5) is 8.78 Å². The first-order valence-corrected chi connectivity index (χ1v) is 12.4. The number of hydrogen-bond donors (Lipinski definition) is 0. The molecule has 36 heavy (non-hydrogen) atoms. The molecule has 0 spiro atoms. The molecule has 2 aliphatic rings. The predicted octanol–water partition coefficient (Wildman–Crippen LogP) is 3.81. The van der Waals surface area contributed by atoms with Crippen LogP contribution in [0.2, 0.25) is 0 Å². The summed E-state index contributed by atoms with van der Waals surface area (Å²) in [5.41, 5.74) is -1.03. The van der Waals surface area contributed by atoms with E-state index in [1.54, 1.807) is 17.0 Å². The number of nitrogens with zero attached hydrogens (tertiary/aromatic N) is 2. The van der Waals surface area contributed by atoms with E-state index in [1.807, 2.05) is 4.90 Å². The van der Waals surface area contributed by atoms with E-state index in [9.17, 15) is 18.4 Å². The van der Waals surface area contributed by atoms with Crippen molar-refractivity contribution < 1.29 is 32.6 Å². The minimum atomic E-state index is -1.03. The predicted molar refractivity (Wildman–Crippen MR) is 129 cm³/mol. The fourth-order valence-corrected chi connectivity index (χ4v) is 4.55. The molecule has 4 rings (SSSR count). The van der Waals surface area contributed by atoms with E-state index in [1.165, 1.54) is 36.4 Å². The van der Waals surface area contributed by atoms with Crippen molar-refractivity contribution in [3.63, 3.8) is 0 Å². The van der Waals surface area contributed by atoms with Crippen LogP contribution in [-0.2, 0) is 14.3 Å². The highest BCUT2D eigenvalue weighted by molar-refractivity contribution is 5.79. The van der Waals surface area contributed by atoms with E-state index >= 15 is 0 Å². The molecule has 0 bridgehead atoms. The lowest BCUT2D eigenvalue weighted by atomic mass is 9.96. The van der Waals surface area contributed by atoms with Crippen molar-refractivity contribution in [3.05, 3.63) is 60.2 Å². The standard InChI is InChI=1S/C27H32F2N2O5/c28-21-7-9-23(10-8-21)35-20-27(18-26(33)30-12-2-1-3-13-30)19-31(14-16-36-27)25(32)11-15-34-24-6-4-5-22(29)17-24/h4-10,17H,1-3,11-16,18-20H2. The molecule has 0 radical (unpaired) electrons. The maximum absolute atomic E-state index is 13.4. The fraction of sp³-hybridized carbons (Fsp3) is 0.481. The average Bonchev–Trinajstić information content (AvgIpc) is 2.89. The van der Waals surface area contributed by atoms with Crippen molar-refractivity contribution in [2.45, 2.75) is 37.7 Å². The second-order valence-corrected chi connectivity index (χ2v) is 9.26. The summed E-state index contributed by atoms with van der Waals surface area (Å²) in [5.74, 6) is -0.136. The van der Waals surface area contributed by atoms with Crippen LogP contribution in [0.25, 0.3) is 0 Å². The van der Waals surface area contributed by atoms with E-state index < -0.39 is 11.4 Å². The van der Waals surface area contributed by atoms with Crippen LogP contribution in [-0.4, -0.2) is 73.2 Å². The SMILES string of the molecule is O=C(CC1(COc2ccc(F)cc2)CN(C(=O)CCOc2cccc(F)c2)CCO1)N1CCCCC1. The summed E-state index contributed by atoms with van der Waals surface area (Å²) in [4.78, 5) is 29.6. The van der Waals surface area contributed by atoms with Crippen molar-refractivity contribution in [1.82, 2.24) is 9.80 Å². The highest BCUT2D eigenvalue weighted by Crippen LogP contribution is 2.27. The van der Waals surface area contributed by atoms with Crippen molar-refractivity contribution in [2.75, 3.05) is 46.0 Å². The molecule has 2 saturated heterocycles. The molecule has 0 saturated carbocycles. The average molecular weight is 503 g/mol. The van der Waals surface area contributed by atoms with Gasteiger partial charge in [0.2, 0.25) is 11.8 Å². The second kappa shape index (κ2) is 12.2. The van der Waals surface area contributed by atoms with Crippen molar-refractivity contribution in [1.29, 1.82) is 0 Å². The lowest BCUT2D eigenvalue weighted by Gasteiger charge is -2.43. The third-order valence-corrected chi connectivity index (χ3v) is 6.48. The van der Waals surface area contributed by atoms with Gasteiger partial charge in [0.05, 0.1) is 32.6 Å². The number of benzene rings is 2. The number of piperidine rings is 1. The number of carbonyl (C=O) groups is 2. The highest BCUT2D eigenvalue weighted by Gasteiger charge is 2.42. The Labute approximate surface area is 209 Å². The summed E-state index contributed by atoms with van der Waals surface area (Å²) in [5, 5.41) is 0. The quantitative estimate of drug-likeness (QED) is 0.522. The third kappa shape index (κ3) is 7.16. The zero-order valence-corrected chi connectivity index (χ0v) is 20.3. The van der Waals surface area contributed by atoms with Gasteiger partial charge in [0.15, 0.2) is 0 Å². The second-order valence-electron chi connectivity index (χ2n) is 9.26. The first-order valence-electron chi connectivity index (χ1n) is 12.4. The van der Waals surface area contributed by atoms with Gasteiger partial charge in [-0.1, -0.05) is 6.07 Å². The van der Waals surface area contributed by atoms with Crippen LogP contribution in [0.1, 0.15) is 32.1 Å². The van der Waals surface area contributed by atoms with E-state index in [0.717, 1.165) is 19.3 Å². The molecule has 2 aliphatic heterocycles. The van der Waals surface area contributed by atoms with Gasteiger partial charge in [0, 0.05) is 25.7 Å². The molecule has 0 aromatic heterocycles. The number of hydrogen-bond acceptors (Lipinski definition) is 5. The summed E-state index contributed by atoms with van der Waals surface area (Å²) >= 11 is 0. The molecule has 0 N–H and O–H groups in total. The Morgan fingerprint density at radius 2 is 1.64 bits per heavy atom. The number of ether oxygens (including phenoxy) is 3. The largest absolute Gasteiger partial charge is 0.493 e. The van der Waals surface area contributed by atoms with Crippen LogP contribution in [0.15, 0.2) is 48.5 Å². The van der Waals surface area contributed by atoms with Crippen LogP contribution in [0, 0.1) is 11.6 Å². The third-order valence-electron chi connectivity index (χ3n) is 6.48. The molecular weight excluding hydrogens is 470 g/mol. The number of halogens is 2. The lowest BCUT2D eigenvalue weighted by Crippen LogP contribution is -2.58. The van der Waals surface area contributed by atoms with Crippen LogP contribution in [0.5, 0.6) is 11.5 Å². The molecule has 1 atom stereocenters. The molecule has 2 aromatic carbocycles. The lowest BCUT2D eigenvalue weighted by molar-refractivity contribution is -0.166. The molecule has 2 fully saturated rings. The first-order chi connectivity index (χ1) is 17.4. The highest BCUT2D eigenvalue weighted by atomic mass is 19.1. The maximum atomic E-state index is 13.4. The molecule has 7 nitrogen and oxygen atoms in total. The normalized spacial score (nSPS) is 20.2. The summed E-state index contributed by atoms with van der Waals surface area (Å²) < 4.78 is 44.2. The first kappa shape index (κ1) is 25.9. The molecule has 9 heteroatoms. The Kier molecular flexibility index (Phi) is 8.74. The molecule has 1 unspecified atom stereocenters. The smallest absolute Gasteiger partial charge is 0.226 e. The Morgan fingerprint density at radius 3 is 2.39 bits per heavy atom. The van der Waals surface area contributed by atoms with E-state index in [0.29, 0.717) is 31.1 Å². The van der Waals surface area contributed by atoms with Gasteiger partial charge >= 0.3 is 0 Å². The van der Waals surface area contributed by atoms with Gasteiger partial charge in [-0.05, 0) is 55.7 Å². The molecular formula is C27H32F2N2O5. The Hall–Kier alpha value is -3.20. The van der Waals surface area contributed by atoms with E-state index in [2.05, 4.69) is 0 Å². The Bertz CT molecular complexity index is 1030. The van der Waals surface area contributed by atoms with Gasteiger partial charge < -0.3 is 24.0 Å². The van der Waals surface area contributed by atoms with Crippen molar-refractivity contribution in [3.8, 4) is 11.5 Å². The summed E-state index contributed by atoms with van der Waals surface area (Å²) in [6, 6.07) is 11.4. The van der Waals surface area contributed by atoms with Crippen molar-refractivity contribution >= 4 is 11.8 Å². The molecule has 2 amide bonds. The number of likely N-dealkylation sites (tertiary alicyclic amines) is 1. The summed E-state index contributed by atoms with van der Waals surface area (Å²) in [7, 11) is 0. The Balaban J connectivity index is 1.40. The van der Waals surface area contributed by atoms with E-state index in [4.69, 9.17) is 14.2 Å². The van der Waals surface area contributed by atoms with Gasteiger partial charge in [0.1, 0.15) is 35.3 Å². The van der Waals surface area contributed by atoms with Crippen LogP contribution in [0.3, 0.4) is 0 Å². The maximum Gasteiger partial charge on any atom is 0.226 e. The molecule has 194 valence electrons. The number of amides is 2. The van der Waals surface area contributed by atoms with Crippen LogP contribution >= 0.6 is 0 Å². The topological polar surface area (TPSA) is 68.3 Å². The van der Waals surface area contributed by atoms with Gasteiger partial charge in [-0.2, -0.15) is 0 Å². The van der Waals surface area contributed by atoms with E-state index in [-0.39, 0.29) is 56.8 Å². The van der Waals surface area contributed by atoms with Gasteiger partial charge in [-0.25, -0.2) is 8.78 Å². The number of carbonyl (C=O) groups excluding carboxylic acids is 2. The van der Waals surface area contributed by atoms with Gasteiger partial charge in [-0.3, -0.25) is 9.59 Å². The Morgan fingerprint density at radius 1 is 0.861 bits per heavy atom. The zero-order valence-electron chi connectivity index (χ0n) is 20.3. The molecule has 0 aliphatic carbocycles. The summed E-state index contributed by atoms with van der Waals surface area (Å²) in [6.45, 7) is 2.41. The number of morpholine rings is 1. The van der Waals surface area contributed by atoms with Gasteiger partial charge in [-0.15, -0.1) is 0 Å². The minimum absolute atomic E-state index is 0.0267. The minimum Gasteiger partial charge on any atom is -0.493 e. The molecule has 2 heterocycles. The van der Waals surface area contributed by atoms with Gasteiger partial charge in [0.25, 0.3) is 0 Å². The van der Waals surface area contributed by atoms with Crippen molar-refractivity contribution in [2.24, 2.45) is 0 Å².